The summed E-state index contributed by atoms with van der Waals surface area (Å²) in [4.78, 5) is 0. The van der Waals surface area contributed by atoms with Gasteiger partial charge in [-0.3, -0.25) is 0 Å². The lowest BCUT2D eigenvalue weighted by molar-refractivity contribution is -0.128. The van der Waals surface area contributed by atoms with E-state index in [2.05, 4.69) is 20.8 Å². The molecule has 0 bridgehead atoms. The van der Waals surface area contributed by atoms with Gasteiger partial charge in [0.1, 0.15) is 0 Å². The van der Waals surface area contributed by atoms with Crippen molar-refractivity contribution >= 4 is 0 Å². The fourth-order valence-electron chi connectivity index (χ4n) is 7.67. The van der Waals surface area contributed by atoms with Crippen molar-refractivity contribution < 1.29 is 0 Å². The van der Waals surface area contributed by atoms with E-state index < -0.39 is 0 Å². The molecule has 0 nitrogen and oxygen atoms in total. The maximum atomic E-state index is 2.72. The van der Waals surface area contributed by atoms with E-state index in [9.17, 15) is 0 Å². The van der Waals surface area contributed by atoms with Gasteiger partial charge in [-0.1, -0.05) is 40.0 Å². The van der Waals surface area contributed by atoms with Crippen LogP contribution in [0.1, 0.15) is 85.0 Å². The minimum atomic E-state index is 0.699. The molecule has 114 valence electrons. The summed E-state index contributed by atoms with van der Waals surface area (Å²) in [6, 6.07) is 0. The second kappa shape index (κ2) is 4.50. The van der Waals surface area contributed by atoms with Gasteiger partial charge in [0.05, 0.1) is 0 Å². The van der Waals surface area contributed by atoms with E-state index in [1.165, 1.54) is 25.7 Å². The van der Waals surface area contributed by atoms with Crippen LogP contribution in [0.5, 0.6) is 0 Å². The molecular weight excluding hydrogens is 240 g/mol. The van der Waals surface area contributed by atoms with Crippen LogP contribution in [0, 0.1) is 40.4 Å². The van der Waals surface area contributed by atoms with Gasteiger partial charge in [0.25, 0.3) is 0 Å². The monoisotopic (exact) mass is 274 g/mol. The van der Waals surface area contributed by atoms with Crippen LogP contribution in [0.3, 0.4) is 0 Å². The molecule has 4 aliphatic carbocycles. The lowest BCUT2D eigenvalue weighted by atomic mass is 9.43. The van der Waals surface area contributed by atoms with Crippen molar-refractivity contribution in [1.29, 1.82) is 0 Å². The molecule has 0 aromatic heterocycles. The first-order valence-corrected chi connectivity index (χ1v) is 9.56. The van der Waals surface area contributed by atoms with Crippen LogP contribution in [0.15, 0.2) is 0 Å². The standard InChI is InChI=1S/C20H34/c1-14-6-4-7-15-9-10-16-17-8-5-12-19(17,2)13-11-18(16)20(14,15)3/h14-18H,4-13H2,1-3H3. The van der Waals surface area contributed by atoms with Crippen LogP contribution >= 0.6 is 0 Å². The highest BCUT2D eigenvalue weighted by Crippen LogP contribution is 2.67. The quantitative estimate of drug-likeness (QED) is 0.504. The number of hydrogen-bond acceptors (Lipinski definition) is 0. The summed E-state index contributed by atoms with van der Waals surface area (Å²) >= 11 is 0. The molecule has 20 heavy (non-hydrogen) atoms. The van der Waals surface area contributed by atoms with Crippen LogP contribution in [0.25, 0.3) is 0 Å². The molecular formula is C20H34. The summed E-state index contributed by atoms with van der Waals surface area (Å²) in [5.74, 6) is 5.32. The number of hydrogen-bond donors (Lipinski definition) is 0. The second-order valence-electron chi connectivity index (χ2n) is 9.43. The summed E-state index contributed by atoms with van der Waals surface area (Å²) in [6.07, 6.45) is 15.5. The Hall–Kier alpha value is 0. The van der Waals surface area contributed by atoms with Gasteiger partial charge in [0.2, 0.25) is 0 Å². The highest BCUT2D eigenvalue weighted by Gasteiger charge is 2.58. The van der Waals surface area contributed by atoms with Gasteiger partial charge in [-0.05, 0) is 85.4 Å². The average molecular weight is 274 g/mol. The maximum Gasteiger partial charge on any atom is -0.0241 e. The van der Waals surface area contributed by atoms with E-state index in [1.54, 1.807) is 38.5 Å². The first kappa shape index (κ1) is 13.6. The predicted octanol–water partition coefficient (Wildman–Crippen LogP) is 6.06. The molecule has 0 radical (unpaired) electrons. The van der Waals surface area contributed by atoms with Crippen molar-refractivity contribution in [3.8, 4) is 0 Å². The lowest BCUT2D eigenvalue weighted by Crippen LogP contribution is -2.54. The Balaban J connectivity index is 1.67. The minimum absolute atomic E-state index is 0.699. The van der Waals surface area contributed by atoms with Gasteiger partial charge in [-0.25, -0.2) is 0 Å². The van der Waals surface area contributed by atoms with Crippen LogP contribution in [-0.2, 0) is 0 Å². The number of fused-ring (bicyclic) bond motifs is 5. The molecule has 0 spiro atoms. The van der Waals surface area contributed by atoms with Crippen molar-refractivity contribution in [2.45, 2.75) is 85.0 Å². The van der Waals surface area contributed by atoms with E-state index in [0.29, 0.717) is 5.41 Å². The number of rotatable bonds is 0. The molecule has 0 N–H and O–H groups in total. The van der Waals surface area contributed by atoms with Gasteiger partial charge in [0, 0.05) is 0 Å². The van der Waals surface area contributed by atoms with Crippen molar-refractivity contribution in [3.63, 3.8) is 0 Å². The summed E-state index contributed by atoms with van der Waals surface area (Å²) in [5, 5.41) is 0. The molecule has 4 saturated carbocycles. The van der Waals surface area contributed by atoms with Crippen LogP contribution in [0.4, 0.5) is 0 Å². The largest absolute Gasteiger partial charge is 0.0620 e. The Morgan fingerprint density at radius 1 is 0.750 bits per heavy atom. The fraction of sp³-hybridized carbons (Fsp3) is 1.00. The van der Waals surface area contributed by atoms with Crippen LogP contribution < -0.4 is 0 Å². The summed E-state index contributed by atoms with van der Waals surface area (Å²) < 4.78 is 0. The van der Waals surface area contributed by atoms with Crippen LogP contribution in [-0.4, -0.2) is 0 Å². The summed E-state index contributed by atoms with van der Waals surface area (Å²) in [5.41, 5.74) is 1.44. The Bertz CT molecular complexity index is 385. The fourth-order valence-corrected chi connectivity index (χ4v) is 7.67. The third-order valence-electron chi connectivity index (χ3n) is 9.00. The molecule has 0 heteroatoms. The van der Waals surface area contributed by atoms with E-state index in [-0.39, 0.29) is 0 Å². The van der Waals surface area contributed by atoms with E-state index in [0.717, 1.165) is 35.0 Å². The summed E-state index contributed by atoms with van der Waals surface area (Å²) in [6.45, 7) is 7.95. The molecule has 4 fully saturated rings. The predicted molar refractivity (Wildman–Crippen MR) is 85.5 cm³/mol. The normalized spacial score (nSPS) is 58.6. The second-order valence-corrected chi connectivity index (χ2v) is 9.43. The zero-order valence-electron chi connectivity index (χ0n) is 14.0. The molecule has 0 amide bonds. The molecule has 7 atom stereocenters. The highest BCUT2D eigenvalue weighted by atomic mass is 14.6. The molecule has 0 saturated heterocycles. The van der Waals surface area contributed by atoms with Gasteiger partial charge >= 0.3 is 0 Å². The smallest absolute Gasteiger partial charge is 0.0241 e. The molecule has 4 rings (SSSR count). The lowest BCUT2D eigenvalue weighted by Gasteiger charge is -2.62. The van der Waals surface area contributed by atoms with Gasteiger partial charge in [-0.2, -0.15) is 0 Å². The molecule has 0 aromatic carbocycles. The SMILES string of the molecule is CC1CCCC2CCC3C4CCCC4(C)CCC3C12C. The first-order valence-electron chi connectivity index (χ1n) is 9.56. The Kier molecular flexibility index (Phi) is 3.07. The minimum Gasteiger partial charge on any atom is -0.0620 e. The van der Waals surface area contributed by atoms with Crippen molar-refractivity contribution in [1.82, 2.24) is 0 Å². The molecule has 0 aliphatic heterocycles. The van der Waals surface area contributed by atoms with Crippen molar-refractivity contribution in [2.75, 3.05) is 0 Å². The van der Waals surface area contributed by atoms with Crippen molar-refractivity contribution in [2.24, 2.45) is 40.4 Å². The Morgan fingerprint density at radius 3 is 2.45 bits per heavy atom. The van der Waals surface area contributed by atoms with E-state index >= 15 is 0 Å². The van der Waals surface area contributed by atoms with Gasteiger partial charge in [-0.15, -0.1) is 0 Å². The van der Waals surface area contributed by atoms with Crippen LogP contribution in [0.2, 0.25) is 0 Å². The highest BCUT2D eigenvalue weighted by molar-refractivity contribution is 5.07. The zero-order valence-corrected chi connectivity index (χ0v) is 14.0. The first-order chi connectivity index (χ1) is 9.56. The molecule has 0 aromatic rings. The van der Waals surface area contributed by atoms with E-state index in [4.69, 9.17) is 0 Å². The summed E-state index contributed by atoms with van der Waals surface area (Å²) in [7, 11) is 0. The maximum absolute atomic E-state index is 2.72. The van der Waals surface area contributed by atoms with Crippen molar-refractivity contribution in [3.05, 3.63) is 0 Å². The third kappa shape index (κ3) is 1.66. The molecule has 7 unspecified atom stereocenters. The third-order valence-corrected chi connectivity index (χ3v) is 9.00. The van der Waals surface area contributed by atoms with Gasteiger partial charge in [0.15, 0.2) is 0 Å². The molecule has 0 heterocycles. The van der Waals surface area contributed by atoms with Gasteiger partial charge < -0.3 is 0 Å². The topological polar surface area (TPSA) is 0 Å². The Labute approximate surface area is 126 Å². The molecule has 4 aliphatic rings. The van der Waals surface area contributed by atoms with E-state index in [1.807, 2.05) is 0 Å². The average Bonchev–Trinajstić information content (AvgIpc) is 2.82. The Morgan fingerprint density at radius 2 is 1.60 bits per heavy atom. The zero-order chi connectivity index (χ0) is 14.0.